The molecule has 0 radical (unpaired) electrons. The van der Waals surface area contributed by atoms with Gasteiger partial charge in [-0.3, -0.25) is 4.79 Å². The zero-order chi connectivity index (χ0) is 19.7. The number of benzene rings is 3. The number of ether oxygens (including phenoxy) is 2. The Morgan fingerprint density at radius 2 is 1.86 bits per heavy atom. The third-order valence-electron chi connectivity index (χ3n) is 4.72. The third kappa shape index (κ3) is 2.96. The second-order valence-corrected chi connectivity index (χ2v) is 7.20. The van der Waals surface area contributed by atoms with Crippen LogP contribution < -0.4 is 14.3 Å². The van der Waals surface area contributed by atoms with Gasteiger partial charge in [-0.15, -0.1) is 0 Å². The van der Waals surface area contributed by atoms with Gasteiger partial charge >= 0.3 is 0 Å². The number of methoxy groups -OCH3 is 2. The van der Waals surface area contributed by atoms with Crippen molar-refractivity contribution < 1.29 is 14.3 Å². The maximum Gasteiger partial charge on any atom is 0.283 e. The van der Waals surface area contributed by atoms with E-state index in [0.717, 1.165) is 16.8 Å². The highest BCUT2D eigenvalue weighted by Crippen LogP contribution is 2.31. The number of para-hydroxylation sites is 1. The average Bonchev–Trinajstić information content (AvgIpc) is 3.10. The number of hydrogen-bond donors (Lipinski definition) is 0. The van der Waals surface area contributed by atoms with Gasteiger partial charge in [0.15, 0.2) is 16.3 Å². The zero-order valence-corrected chi connectivity index (χ0v) is 16.7. The van der Waals surface area contributed by atoms with Crippen molar-refractivity contribution in [1.29, 1.82) is 0 Å². The van der Waals surface area contributed by atoms with Crippen molar-refractivity contribution in [3.05, 3.63) is 65.0 Å². The first-order chi connectivity index (χ1) is 13.7. The van der Waals surface area contributed by atoms with Crippen molar-refractivity contribution in [1.82, 2.24) is 4.57 Å². The molecule has 4 rings (SSSR count). The summed E-state index contributed by atoms with van der Waals surface area (Å²) in [5.74, 6) is 0.552. The van der Waals surface area contributed by atoms with E-state index in [-0.39, 0.29) is 5.91 Å². The fourth-order valence-corrected chi connectivity index (χ4v) is 4.62. The molecule has 0 unspecified atom stereocenters. The van der Waals surface area contributed by atoms with Crippen LogP contribution in [-0.4, -0.2) is 24.7 Å². The van der Waals surface area contributed by atoms with Crippen LogP contribution in [0.2, 0.25) is 0 Å². The number of rotatable bonds is 4. The number of thiazole rings is 1. The molecule has 5 nitrogen and oxygen atoms in total. The molecule has 0 aliphatic carbocycles. The molecule has 1 aromatic heterocycles. The molecule has 0 atom stereocenters. The lowest BCUT2D eigenvalue weighted by Gasteiger charge is -2.09. The van der Waals surface area contributed by atoms with Gasteiger partial charge in [0.1, 0.15) is 0 Å². The van der Waals surface area contributed by atoms with Gasteiger partial charge in [-0.25, -0.2) is 0 Å². The van der Waals surface area contributed by atoms with Crippen LogP contribution in [0.4, 0.5) is 0 Å². The standard InChI is InChI=1S/C22H20N2O3S/c1-4-24-17-13-12-14-8-5-6-9-15(14)20(17)28-22(24)23-21(25)16-10-7-11-18(26-2)19(16)27-3/h5-13H,4H2,1-3H3. The Balaban J connectivity index is 1.93. The van der Waals surface area contributed by atoms with Crippen LogP contribution in [0.15, 0.2) is 59.6 Å². The zero-order valence-electron chi connectivity index (χ0n) is 15.9. The summed E-state index contributed by atoms with van der Waals surface area (Å²) in [5.41, 5.74) is 1.46. The topological polar surface area (TPSA) is 52.8 Å². The van der Waals surface area contributed by atoms with E-state index >= 15 is 0 Å². The van der Waals surface area contributed by atoms with Crippen molar-refractivity contribution in [2.24, 2.45) is 4.99 Å². The average molecular weight is 392 g/mol. The van der Waals surface area contributed by atoms with Gasteiger partial charge in [-0.1, -0.05) is 47.7 Å². The molecule has 0 spiro atoms. The molecule has 0 saturated carbocycles. The molecule has 0 aliphatic rings. The van der Waals surface area contributed by atoms with E-state index < -0.39 is 0 Å². The molecular weight excluding hydrogens is 372 g/mol. The first-order valence-electron chi connectivity index (χ1n) is 8.99. The summed E-state index contributed by atoms with van der Waals surface area (Å²) >= 11 is 1.53. The Labute approximate surface area is 166 Å². The van der Waals surface area contributed by atoms with Crippen LogP contribution in [0.25, 0.3) is 21.0 Å². The van der Waals surface area contributed by atoms with Crippen LogP contribution in [0, 0.1) is 0 Å². The number of amides is 1. The van der Waals surface area contributed by atoms with Crippen molar-refractivity contribution in [2.45, 2.75) is 13.5 Å². The van der Waals surface area contributed by atoms with Gasteiger partial charge in [0.25, 0.3) is 5.91 Å². The first kappa shape index (κ1) is 18.3. The molecule has 0 aliphatic heterocycles. The third-order valence-corrected chi connectivity index (χ3v) is 5.85. The van der Waals surface area contributed by atoms with Gasteiger partial charge in [-0.05, 0) is 30.5 Å². The van der Waals surface area contributed by atoms with E-state index in [4.69, 9.17) is 9.47 Å². The number of nitrogens with zero attached hydrogens (tertiary/aromatic N) is 2. The summed E-state index contributed by atoms with van der Waals surface area (Å²) in [6.07, 6.45) is 0. The van der Waals surface area contributed by atoms with Crippen LogP contribution in [0.1, 0.15) is 17.3 Å². The molecule has 6 heteroatoms. The van der Waals surface area contributed by atoms with Gasteiger partial charge in [-0.2, -0.15) is 4.99 Å². The summed E-state index contributed by atoms with van der Waals surface area (Å²) in [6.45, 7) is 2.77. The predicted molar refractivity (Wildman–Crippen MR) is 112 cm³/mol. The van der Waals surface area contributed by atoms with E-state index in [9.17, 15) is 4.79 Å². The van der Waals surface area contributed by atoms with Crippen molar-refractivity contribution >= 4 is 38.2 Å². The highest BCUT2D eigenvalue weighted by atomic mass is 32.1. The number of aromatic nitrogens is 1. The Hall–Kier alpha value is -3.12. The molecule has 1 heterocycles. The first-order valence-corrected chi connectivity index (χ1v) is 9.80. The lowest BCUT2D eigenvalue weighted by Crippen LogP contribution is -2.16. The minimum absolute atomic E-state index is 0.353. The number of aryl methyl sites for hydroxylation is 1. The molecular formula is C22H20N2O3S. The van der Waals surface area contributed by atoms with Crippen LogP contribution in [0.3, 0.4) is 0 Å². The Bertz CT molecular complexity index is 1250. The second kappa shape index (κ2) is 7.48. The van der Waals surface area contributed by atoms with Gasteiger partial charge in [0.05, 0.1) is 30.0 Å². The largest absolute Gasteiger partial charge is 0.493 e. The normalized spacial score (nSPS) is 11.9. The van der Waals surface area contributed by atoms with Crippen LogP contribution in [0.5, 0.6) is 11.5 Å². The van der Waals surface area contributed by atoms with E-state index in [1.165, 1.54) is 29.2 Å². The molecule has 4 aromatic rings. The summed E-state index contributed by atoms with van der Waals surface area (Å²) in [4.78, 5) is 18.1. The Morgan fingerprint density at radius 1 is 1.04 bits per heavy atom. The Kier molecular flexibility index (Phi) is 4.88. The molecule has 3 aromatic carbocycles. The molecule has 0 saturated heterocycles. The highest BCUT2D eigenvalue weighted by Gasteiger charge is 2.17. The minimum Gasteiger partial charge on any atom is -0.493 e. The van der Waals surface area contributed by atoms with Gasteiger partial charge < -0.3 is 14.0 Å². The summed E-state index contributed by atoms with van der Waals surface area (Å²) in [6, 6.07) is 17.7. The van der Waals surface area contributed by atoms with Crippen LogP contribution in [-0.2, 0) is 6.54 Å². The van der Waals surface area contributed by atoms with Gasteiger partial charge in [0.2, 0.25) is 0 Å². The number of carbonyl (C=O) groups is 1. The second-order valence-electron chi connectivity index (χ2n) is 6.22. The van der Waals surface area contributed by atoms with Gasteiger partial charge in [0, 0.05) is 11.9 Å². The summed E-state index contributed by atoms with van der Waals surface area (Å²) in [5, 5.41) is 2.34. The fraction of sp³-hybridized carbons (Fsp3) is 0.182. The van der Waals surface area contributed by atoms with Crippen LogP contribution >= 0.6 is 11.3 Å². The lowest BCUT2D eigenvalue weighted by atomic mass is 10.1. The lowest BCUT2D eigenvalue weighted by molar-refractivity contribution is 0.0994. The predicted octanol–water partition coefficient (Wildman–Crippen LogP) is 4.63. The van der Waals surface area contributed by atoms with Crippen molar-refractivity contribution in [3.63, 3.8) is 0 Å². The van der Waals surface area contributed by atoms with Crippen molar-refractivity contribution in [2.75, 3.05) is 14.2 Å². The molecule has 142 valence electrons. The summed E-state index contributed by atoms with van der Waals surface area (Å²) in [7, 11) is 3.07. The molecule has 0 bridgehead atoms. The number of fused-ring (bicyclic) bond motifs is 3. The molecule has 28 heavy (non-hydrogen) atoms. The molecule has 1 amide bonds. The minimum atomic E-state index is -0.353. The quantitative estimate of drug-likeness (QED) is 0.509. The number of carbonyl (C=O) groups excluding carboxylic acids is 1. The summed E-state index contributed by atoms with van der Waals surface area (Å²) < 4.78 is 13.9. The smallest absolute Gasteiger partial charge is 0.283 e. The molecule has 0 fully saturated rings. The fourth-order valence-electron chi connectivity index (χ4n) is 3.39. The maximum absolute atomic E-state index is 13.0. The van der Waals surface area contributed by atoms with E-state index in [2.05, 4.69) is 40.7 Å². The van der Waals surface area contributed by atoms with E-state index in [1.807, 2.05) is 12.1 Å². The van der Waals surface area contributed by atoms with E-state index in [1.54, 1.807) is 25.3 Å². The monoisotopic (exact) mass is 392 g/mol. The highest BCUT2D eigenvalue weighted by molar-refractivity contribution is 7.17. The Morgan fingerprint density at radius 3 is 2.61 bits per heavy atom. The SMILES string of the molecule is CCn1c(=NC(=O)c2cccc(OC)c2OC)sc2c3ccccc3ccc21. The maximum atomic E-state index is 13.0. The van der Waals surface area contributed by atoms with E-state index in [0.29, 0.717) is 21.9 Å². The van der Waals surface area contributed by atoms with Crippen molar-refractivity contribution in [3.8, 4) is 11.5 Å². The molecule has 0 N–H and O–H groups in total. The number of hydrogen-bond acceptors (Lipinski definition) is 4.